The van der Waals surface area contributed by atoms with Gasteiger partial charge in [-0.05, 0) is 24.3 Å². The molecular weight excluding hydrogens is 438 g/mol. The molecule has 0 fully saturated rings. The molecule has 0 radical (unpaired) electrons. The molecule has 29 heavy (non-hydrogen) atoms. The van der Waals surface area contributed by atoms with Gasteiger partial charge in [0.05, 0.1) is 31.5 Å². The Balaban J connectivity index is 2.19. The zero-order valence-electron chi connectivity index (χ0n) is 14.1. The maximum Gasteiger partial charge on any atom is 0.411 e. The first-order valence-corrected chi connectivity index (χ1v) is 9.62. The molecule has 0 aliphatic rings. The Hall–Kier alpha value is -2.60. The number of hydrogen-bond acceptors (Lipinski definition) is 6. The van der Waals surface area contributed by atoms with E-state index in [2.05, 4.69) is 9.97 Å². The smallest absolute Gasteiger partial charge is 0.398 e. The quantitative estimate of drug-likeness (QED) is 0.314. The van der Waals surface area contributed by atoms with Crippen LogP contribution in [0.4, 0.5) is 37.7 Å². The topological polar surface area (TPSA) is 77.8 Å². The van der Waals surface area contributed by atoms with E-state index in [1.165, 1.54) is 11.0 Å². The second-order valence-electron chi connectivity index (χ2n) is 6.26. The van der Waals surface area contributed by atoms with Crippen molar-refractivity contribution < 1.29 is 26.3 Å². The zero-order chi connectivity index (χ0) is 21.2. The number of fused-ring (bicyclic) bond motifs is 2. The van der Waals surface area contributed by atoms with Gasteiger partial charge in [-0.15, -0.1) is 22.7 Å². The van der Waals surface area contributed by atoms with Crippen LogP contribution < -0.4 is 11.5 Å². The third-order valence-electron chi connectivity index (χ3n) is 4.66. The molecule has 0 aliphatic heterocycles. The minimum Gasteiger partial charge on any atom is -0.398 e. The predicted octanol–water partition coefficient (Wildman–Crippen LogP) is 5.48. The average Bonchev–Trinajstić information content (AvgIpc) is 3.21. The van der Waals surface area contributed by atoms with Crippen molar-refractivity contribution in [2.45, 2.75) is 17.8 Å². The molecule has 0 unspecified atom stereocenters. The van der Waals surface area contributed by atoms with Crippen LogP contribution in [0.25, 0.3) is 20.4 Å². The Labute approximate surface area is 166 Å². The maximum atomic E-state index is 14.4. The van der Waals surface area contributed by atoms with Crippen molar-refractivity contribution in [3.8, 4) is 0 Å². The fourth-order valence-corrected chi connectivity index (χ4v) is 4.80. The van der Waals surface area contributed by atoms with Crippen LogP contribution in [0.15, 0.2) is 35.3 Å². The summed E-state index contributed by atoms with van der Waals surface area (Å²) in [5.41, 5.74) is 6.43. The van der Waals surface area contributed by atoms with Crippen LogP contribution >= 0.6 is 22.7 Å². The molecule has 4 rings (SSSR count). The molecule has 2 aromatic carbocycles. The number of nitrogen functional groups attached to an aromatic ring is 2. The molecule has 2 aromatic heterocycles. The number of aromatic nitrogens is 2. The molecule has 12 heteroatoms. The van der Waals surface area contributed by atoms with Crippen molar-refractivity contribution in [3.05, 3.63) is 46.4 Å². The summed E-state index contributed by atoms with van der Waals surface area (Å²) in [5, 5.41) is 0. The van der Waals surface area contributed by atoms with Gasteiger partial charge in [-0.1, -0.05) is 0 Å². The molecule has 0 saturated heterocycles. The van der Waals surface area contributed by atoms with Gasteiger partial charge >= 0.3 is 12.4 Å². The highest BCUT2D eigenvalue weighted by Crippen LogP contribution is 2.59. The van der Waals surface area contributed by atoms with E-state index in [4.69, 9.17) is 11.5 Å². The van der Waals surface area contributed by atoms with E-state index in [9.17, 15) is 26.3 Å². The summed E-state index contributed by atoms with van der Waals surface area (Å²) in [6.45, 7) is 0. The summed E-state index contributed by atoms with van der Waals surface area (Å²) in [4.78, 5) is 7.79. The summed E-state index contributed by atoms with van der Waals surface area (Å²) in [5.74, 6) is 0. The summed E-state index contributed by atoms with van der Waals surface area (Å²) in [6, 6.07) is 3.60. The Morgan fingerprint density at radius 2 is 1.03 bits per heavy atom. The lowest BCUT2D eigenvalue weighted by Crippen LogP contribution is -2.55. The first kappa shape index (κ1) is 19.7. The van der Waals surface area contributed by atoms with E-state index in [-0.39, 0.29) is 20.4 Å². The van der Waals surface area contributed by atoms with E-state index >= 15 is 0 Å². The third-order valence-corrected chi connectivity index (χ3v) is 6.25. The molecule has 0 atom stereocenters. The van der Waals surface area contributed by atoms with Crippen molar-refractivity contribution in [3.63, 3.8) is 0 Å². The van der Waals surface area contributed by atoms with Crippen molar-refractivity contribution in [1.29, 1.82) is 0 Å². The second-order valence-corrected chi connectivity index (χ2v) is 8.04. The van der Waals surface area contributed by atoms with Gasteiger partial charge in [0.15, 0.2) is 0 Å². The first-order chi connectivity index (χ1) is 13.5. The number of anilines is 2. The number of nitrogens with two attached hydrogens (primary N) is 2. The average molecular weight is 448 g/mol. The highest BCUT2D eigenvalue weighted by Gasteiger charge is 2.73. The number of nitrogens with zero attached hydrogens (tertiary/aromatic N) is 2. The SMILES string of the molecule is Nc1cc2ncsc2cc1C(c1cc2scnc2cc1N)(C(F)(F)F)C(F)(F)F. The number of alkyl halides is 6. The standard InChI is InChI=1S/C17H10F6N4S2/c18-16(19,20)15(17(21,22)23,7-1-13-11(3-9(7)24)26-5-28-13)8-2-14-12(4-10(8)25)27-6-29-14/h1-6H,24-25H2. The Kier molecular flexibility index (Phi) is 4.21. The normalized spacial score (nSPS) is 13.4. The van der Waals surface area contributed by atoms with E-state index in [0.29, 0.717) is 0 Å². The van der Waals surface area contributed by atoms with Crippen molar-refractivity contribution in [2.75, 3.05) is 11.5 Å². The van der Waals surface area contributed by atoms with Crippen LogP contribution in [-0.4, -0.2) is 22.3 Å². The molecule has 0 amide bonds. The molecule has 0 aliphatic carbocycles. The number of halogens is 6. The summed E-state index contributed by atoms with van der Waals surface area (Å²) >= 11 is 1.82. The predicted molar refractivity (Wildman–Crippen MR) is 101 cm³/mol. The highest BCUT2D eigenvalue weighted by molar-refractivity contribution is 7.17. The maximum absolute atomic E-state index is 14.4. The molecule has 0 bridgehead atoms. The van der Waals surface area contributed by atoms with E-state index in [0.717, 1.165) is 46.9 Å². The van der Waals surface area contributed by atoms with Crippen LogP contribution in [0.3, 0.4) is 0 Å². The first-order valence-electron chi connectivity index (χ1n) is 7.86. The summed E-state index contributed by atoms with van der Waals surface area (Å²) in [7, 11) is 0. The molecular formula is C17H10F6N4S2. The van der Waals surface area contributed by atoms with Crippen LogP contribution in [0.2, 0.25) is 0 Å². The zero-order valence-corrected chi connectivity index (χ0v) is 15.7. The van der Waals surface area contributed by atoms with Gasteiger partial charge in [0.1, 0.15) is 0 Å². The minimum absolute atomic E-state index is 0.143. The summed E-state index contributed by atoms with van der Waals surface area (Å²) in [6.07, 6.45) is -11.6. The van der Waals surface area contributed by atoms with Crippen LogP contribution in [0.5, 0.6) is 0 Å². The molecule has 4 aromatic rings. The molecule has 2 heterocycles. The molecule has 152 valence electrons. The molecule has 0 saturated carbocycles. The largest absolute Gasteiger partial charge is 0.411 e. The molecule has 4 nitrogen and oxygen atoms in total. The number of hydrogen-bond donors (Lipinski definition) is 2. The lowest BCUT2D eigenvalue weighted by atomic mass is 9.71. The lowest BCUT2D eigenvalue weighted by molar-refractivity contribution is -0.288. The van der Waals surface area contributed by atoms with Gasteiger partial charge in [-0.3, -0.25) is 0 Å². The fraction of sp³-hybridized carbons (Fsp3) is 0.176. The fourth-order valence-electron chi connectivity index (χ4n) is 3.41. The van der Waals surface area contributed by atoms with Crippen molar-refractivity contribution in [1.82, 2.24) is 9.97 Å². The third kappa shape index (κ3) is 2.73. The van der Waals surface area contributed by atoms with Gasteiger partial charge in [0.25, 0.3) is 0 Å². The van der Waals surface area contributed by atoms with Crippen molar-refractivity contribution in [2.24, 2.45) is 0 Å². The number of rotatable bonds is 2. The van der Waals surface area contributed by atoms with Gasteiger partial charge in [-0.2, -0.15) is 26.3 Å². The summed E-state index contributed by atoms with van der Waals surface area (Å²) < 4.78 is 86.7. The molecule has 0 spiro atoms. The second kappa shape index (κ2) is 6.20. The number of benzene rings is 2. The van der Waals surface area contributed by atoms with E-state index < -0.39 is 40.3 Å². The number of thiazole rings is 2. The Morgan fingerprint density at radius 1 is 0.655 bits per heavy atom. The van der Waals surface area contributed by atoms with Gasteiger partial charge < -0.3 is 11.5 Å². The van der Waals surface area contributed by atoms with Crippen LogP contribution in [0.1, 0.15) is 11.1 Å². The molecule has 4 N–H and O–H groups in total. The van der Waals surface area contributed by atoms with Gasteiger partial charge in [-0.25, -0.2) is 9.97 Å². The monoisotopic (exact) mass is 448 g/mol. The Morgan fingerprint density at radius 3 is 1.38 bits per heavy atom. The van der Waals surface area contributed by atoms with E-state index in [1.54, 1.807) is 0 Å². The van der Waals surface area contributed by atoms with Crippen LogP contribution in [0, 0.1) is 0 Å². The van der Waals surface area contributed by atoms with Gasteiger partial charge in [0.2, 0.25) is 5.41 Å². The van der Waals surface area contributed by atoms with Gasteiger partial charge in [0, 0.05) is 22.5 Å². The lowest BCUT2D eigenvalue weighted by Gasteiger charge is -2.39. The minimum atomic E-state index is -5.79. The van der Waals surface area contributed by atoms with Crippen molar-refractivity contribution >= 4 is 54.5 Å². The Bertz CT molecular complexity index is 1130. The highest BCUT2D eigenvalue weighted by atomic mass is 32.1. The van der Waals surface area contributed by atoms with E-state index in [1.807, 2.05) is 0 Å². The van der Waals surface area contributed by atoms with Crippen LogP contribution in [-0.2, 0) is 5.41 Å².